The number of piperazine rings is 1. The first-order valence-corrected chi connectivity index (χ1v) is 9.00. The number of hydrogen-bond acceptors (Lipinski definition) is 4. The Morgan fingerprint density at radius 1 is 1.25 bits per heavy atom. The van der Waals surface area contributed by atoms with E-state index in [1.807, 2.05) is 6.07 Å². The highest BCUT2D eigenvalue weighted by Gasteiger charge is 2.31. The maximum absolute atomic E-state index is 13.0. The molecule has 1 aromatic carbocycles. The number of hydrogen-bond donors (Lipinski definition) is 1. The number of halogens is 2. The summed E-state index contributed by atoms with van der Waals surface area (Å²) in [4.78, 5) is 4.44. The molecule has 1 saturated heterocycles. The van der Waals surface area contributed by atoms with Crippen LogP contribution in [-0.4, -0.2) is 43.4 Å². The van der Waals surface area contributed by atoms with Crippen molar-refractivity contribution in [3.8, 4) is 0 Å². The number of rotatable bonds is 3. The quantitative estimate of drug-likeness (QED) is 0.873. The van der Waals surface area contributed by atoms with E-state index in [9.17, 15) is 8.42 Å². The lowest BCUT2D eigenvalue weighted by atomic mass is 10.0. The summed E-state index contributed by atoms with van der Waals surface area (Å²) in [5, 5.41) is 4.97. The Balaban J connectivity index is 0.00000144. The second-order valence-corrected chi connectivity index (χ2v) is 7.93. The van der Waals surface area contributed by atoms with Gasteiger partial charge in [0.15, 0.2) is 0 Å². The van der Waals surface area contributed by atoms with E-state index in [0.717, 1.165) is 10.8 Å². The van der Waals surface area contributed by atoms with Crippen LogP contribution in [0.4, 0.5) is 0 Å². The van der Waals surface area contributed by atoms with Crippen LogP contribution in [0.25, 0.3) is 10.8 Å². The van der Waals surface area contributed by atoms with Gasteiger partial charge in [0, 0.05) is 48.8 Å². The molecule has 3 rings (SSSR count). The Labute approximate surface area is 155 Å². The van der Waals surface area contributed by atoms with E-state index in [2.05, 4.69) is 24.1 Å². The summed E-state index contributed by atoms with van der Waals surface area (Å²) in [6.07, 6.45) is 3.33. The number of fused-ring (bicyclic) bond motifs is 1. The lowest BCUT2D eigenvalue weighted by Gasteiger charge is -2.35. The molecule has 0 saturated carbocycles. The van der Waals surface area contributed by atoms with Crippen LogP contribution in [0.15, 0.2) is 41.6 Å². The summed E-state index contributed by atoms with van der Waals surface area (Å²) < 4.78 is 27.7. The standard InChI is InChI=1S/C16H21N3O2S.2ClH/c1-12(2)15-11-19(9-8-18-15)22(20,21)16-5-3-4-13-10-17-7-6-14(13)16;;/h3-7,10,12,15,18H,8-9,11H2,1-2H3;2*1H/t15-;;/m1../s1. The highest BCUT2D eigenvalue weighted by molar-refractivity contribution is 7.89. The first kappa shape index (κ1) is 21.1. The molecule has 134 valence electrons. The van der Waals surface area contributed by atoms with Gasteiger partial charge in [-0.15, -0.1) is 24.8 Å². The monoisotopic (exact) mass is 391 g/mol. The number of pyridine rings is 1. The maximum atomic E-state index is 13.0. The largest absolute Gasteiger partial charge is 0.311 e. The molecule has 1 atom stereocenters. The van der Waals surface area contributed by atoms with Crippen molar-refractivity contribution in [2.24, 2.45) is 5.92 Å². The second kappa shape index (κ2) is 8.45. The van der Waals surface area contributed by atoms with E-state index in [4.69, 9.17) is 0 Å². The third kappa shape index (κ3) is 4.00. The molecule has 0 bridgehead atoms. The van der Waals surface area contributed by atoms with Gasteiger partial charge in [-0.2, -0.15) is 4.31 Å². The van der Waals surface area contributed by atoms with Crippen molar-refractivity contribution < 1.29 is 8.42 Å². The van der Waals surface area contributed by atoms with Gasteiger partial charge in [-0.25, -0.2) is 8.42 Å². The molecule has 0 unspecified atom stereocenters. The van der Waals surface area contributed by atoms with E-state index in [1.54, 1.807) is 34.9 Å². The summed E-state index contributed by atoms with van der Waals surface area (Å²) in [6.45, 7) is 5.93. The molecular formula is C16H23Cl2N3O2S. The van der Waals surface area contributed by atoms with Crippen molar-refractivity contribution in [1.82, 2.24) is 14.6 Å². The first-order valence-electron chi connectivity index (χ1n) is 7.56. The lowest BCUT2D eigenvalue weighted by molar-refractivity contribution is 0.256. The molecule has 0 aliphatic carbocycles. The molecule has 1 aliphatic heterocycles. The molecular weight excluding hydrogens is 369 g/mol. The van der Waals surface area contributed by atoms with Gasteiger partial charge in [0.1, 0.15) is 0 Å². The van der Waals surface area contributed by atoms with Crippen LogP contribution in [0.3, 0.4) is 0 Å². The predicted octanol–water partition coefficient (Wildman–Crippen LogP) is 2.70. The summed E-state index contributed by atoms with van der Waals surface area (Å²) >= 11 is 0. The van der Waals surface area contributed by atoms with E-state index in [1.165, 1.54) is 0 Å². The van der Waals surface area contributed by atoms with Crippen LogP contribution in [-0.2, 0) is 10.0 Å². The van der Waals surface area contributed by atoms with Crippen LogP contribution in [0.2, 0.25) is 0 Å². The zero-order valence-corrected chi connectivity index (χ0v) is 16.1. The summed E-state index contributed by atoms with van der Waals surface area (Å²) in [7, 11) is -3.49. The number of aromatic nitrogens is 1. The highest BCUT2D eigenvalue weighted by Crippen LogP contribution is 2.26. The van der Waals surface area contributed by atoms with Crippen molar-refractivity contribution >= 4 is 45.6 Å². The topological polar surface area (TPSA) is 62.3 Å². The summed E-state index contributed by atoms with van der Waals surface area (Å²) in [5.74, 6) is 0.398. The molecule has 1 fully saturated rings. The zero-order chi connectivity index (χ0) is 15.7. The fourth-order valence-corrected chi connectivity index (χ4v) is 4.55. The Hall–Kier alpha value is -0.920. The minimum Gasteiger partial charge on any atom is -0.311 e. The van der Waals surface area contributed by atoms with Crippen molar-refractivity contribution in [3.05, 3.63) is 36.7 Å². The van der Waals surface area contributed by atoms with E-state index in [0.29, 0.717) is 30.4 Å². The highest BCUT2D eigenvalue weighted by atomic mass is 35.5. The van der Waals surface area contributed by atoms with Gasteiger partial charge in [0.2, 0.25) is 10.0 Å². The number of benzene rings is 1. The van der Waals surface area contributed by atoms with Crippen LogP contribution >= 0.6 is 24.8 Å². The van der Waals surface area contributed by atoms with Gasteiger partial charge in [-0.05, 0) is 18.1 Å². The maximum Gasteiger partial charge on any atom is 0.243 e. The molecule has 1 N–H and O–H groups in total. The zero-order valence-electron chi connectivity index (χ0n) is 13.7. The van der Waals surface area contributed by atoms with Crippen molar-refractivity contribution in [3.63, 3.8) is 0 Å². The molecule has 1 aromatic heterocycles. The van der Waals surface area contributed by atoms with Gasteiger partial charge in [-0.1, -0.05) is 26.0 Å². The SMILES string of the molecule is CC(C)[C@H]1CN(S(=O)(=O)c2cccc3cnccc23)CCN1.Cl.Cl. The first-order chi connectivity index (χ1) is 10.5. The minimum absolute atomic E-state index is 0. The van der Waals surface area contributed by atoms with Gasteiger partial charge < -0.3 is 5.32 Å². The Morgan fingerprint density at radius 2 is 2.00 bits per heavy atom. The van der Waals surface area contributed by atoms with Gasteiger partial charge >= 0.3 is 0 Å². The minimum atomic E-state index is -3.49. The molecule has 2 aromatic rings. The van der Waals surface area contributed by atoms with Crippen molar-refractivity contribution in [2.75, 3.05) is 19.6 Å². The second-order valence-electron chi connectivity index (χ2n) is 6.02. The van der Waals surface area contributed by atoms with Gasteiger partial charge in [0.05, 0.1) is 4.90 Å². The average molecular weight is 392 g/mol. The van der Waals surface area contributed by atoms with Crippen LogP contribution in [0.5, 0.6) is 0 Å². The molecule has 0 spiro atoms. The van der Waals surface area contributed by atoms with E-state index in [-0.39, 0.29) is 30.9 Å². The van der Waals surface area contributed by atoms with Crippen LogP contribution in [0.1, 0.15) is 13.8 Å². The molecule has 24 heavy (non-hydrogen) atoms. The normalized spacial score (nSPS) is 18.9. The fourth-order valence-electron chi connectivity index (χ4n) is 2.87. The van der Waals surface area contributed by atoms with Crippen molar-refractivity contribution in [1.29, 1.82) is 0 Å². The molecule has 2 heterocycles. The lowest BCUT2D eigenvalue weighted by Crippen LogP contribution is -2.54. The smallest absolute Gasteiger partial charge is 0.243 e. The molecule has 0 amide bonds. The van der Waals surface area contributed by atoms with Gasteiger partial charge in [0.25, 0.3) is 0 Å². The Morgan fingerprint density at radius 3 is 2.71 bits per heavy atom. The predicted molar refractivity (Wildman–Crippen MR) is 102 cm³/mol. The van der Waals surface area contributed by atoms with Crippen LogP contribution < -0.4 is 5.32 Å². The van der Waals surface area contributed by atoms with Gasteiger partial charge in [-0.3, -0.25) is 4.98 Å². The Bertz CT molecular complexity index is 778. The van der Waals surface area contributed by atoms with Crippen LogP contribution in [0, 0.1) is 5.92 Å². The van der Waals surface area contributed by atoms with E-state index < -0.39 is 10.0 Å². The average Bonchev–Trinajstić information content (AvgIpc) is 2.54. The molecule has 0 radical (unpaired) electrons. The molecule has 1 aliphatic rings. The third-order valence-corrected chi connectivity index (χ3v) is 6.15. The number of nitrogens with zero attached hydrogens (tertiary/aromatic N) is 2. The third-order valence-electron chi connectivity index (χ3n) is 4.23. The van der Waals surface area contributed by atoms with Crippen molar-refractivity contribution in [2.45, 2.75) is 24.8 Å². The number of nitrogens with one attached hydrogen (secondary N) is 1. The molecule has 8 heteroatoms. The summed E-state index contributed by atoms with van der Waals surface area (Å²) in [5.41, 5.74) is 0. The summed E-state index contributed by atoms with van der Waals surface area (Å²) in [6, 6.07) is 7.31. The van der Waals surface area contributed by atoms with E-state index >= 15 is 0 Å². The Kier molecular flexibility index (Phi) is 7.44. The molecule has 5 nitrogen and oxygen atoms in total. The fraction of sp³-hybridized carbons (Fsp3) is 0.438. The number of sulfonamides is 1.